The first-order valence-corrected chi connectivity index (χ1v) is 6.52. The minimum atomic E-state index is -0.458. The second kappa shape index (κ2) is 6.95. The van der Waals surface area contributed by atoms with Crippen molar-refractivity contribution in [2.75, 3.05) is 39.9 Å². The summed E-state index contributed by atoms with van der Waals surface area (Å²) in [5.41, 5.74) is -0.458. The van der Waals surface area contributed by atoms with E-state index in [0.717, 1.165) is 38.8 Å². The van der Waals surface area contributed by atoms with Gasteiger partial charge in [0.25, 0.3) is 0 Å². The molecule has 1 rings (SSSR count). The fourth-order valence-electron chi connectivity index (χ4n) is 1.89. The maximum atomic E-state index is 9.15. The SMILES string of the molecule is CCNC(C)(C#N)CN(C)CCOCC1CC1. The van der Waals surface area contributed by atoms with Crippen LogP contribution in [0.15, 0.2) is 0 Å². The van der Waals surface area contributed by atoms with E-state index in [1.165, 1.54) is 12.8 Å². The Bertz CT molecular complexity index is 260. The largest absolute Gasteiger partial charge is 0.380 e. The monoisotopic (exact) mass is 239 g/mol. The van der Waals surface area contributed by atoms with Crippen LogP contribution in [0.3, 0.4) is 0 Å². The second-order valence-corrected chi connectivity index (χ2v) is 5.23. The van der Waals surface area contributed by atoms with Crippen molar-refractivity contribution in [2.45, 2.75) is 32.2 Å². The van der Waals surface area contributed by atoms with Crippen LogP contribution < -0.4 is 5.32 Å². The van der Waals surface area contributed by atoms with E-state index in [0.29, 0.717) is 0 Å². The summed E-state index contributed by atoms with van der Waals surface area (Å²) >= 11 is 0. The van der Waals surface area contributed by atoms with E-state index in [-0.39, 0.29) is 0 Å². The number of hydrogen-bond donors (Lipinski definition) is 1. The molecule has 1 N–H and O–H groups in total. The van der Waals surface area contributed by atoms with Crippen LogP contribution in [0.1, 0.15) is 26.7 Å². The molecule has 0 radical (unpaired) electrons. The summed E-state index contributed by atoms with van der Waals surface area (Å²) in [7, 11) is 2.04. The van der Waals surface area contributed by atoms with Crippen LogP contribution in [0.25, 0.3) is 0 Å². The summed E-state index contributed by atoms with van der Waals surface area (Å²) in [4.78, 5) is 2.15. The van der Waals surface area contributed by atoms with Gasteiger partial charge in [0.2, 0.25) is 0 Å². The standard InChI is InChI=1S/C13H25N3O/c1-4-15-13(2,10-14)11-16(3)7-8-17-9-12-5-6-12/h12,15H,4-9,11H2,1-3H3. The molecule has 0 amide bonds. The van der Waals surface area contributed by atoms with Crippen molar-refractivity contribution in [2.24, 2.45) is 5.92 Å². The predicted octanol–water partition coefficient (Wildman–Crippen LogP) is 1.24. The minimum absolute atomic E-state index is 0.458. The molecular weight excluding hydrogens is 214 g/mol. The lowest BCUT2D eigenvalue weighted by molar-refractivity contribution is 0.0986. The first kappa shape index (κ1) is 14.4. The number of rotatable bonds is 9. The molecule has 1 saturated carbocycles. The molecule has 1 atom stereocenters. The molecule has 0 aliphatic heterocycles. The zero-order valence-electron chi connectivity index (χ0n) is 11.3. The first-order valence-electron chi connectivity index (χ1n) is 6.52. The third-order valence-corrected chi connectivity index (χ3v) is 3.07. The van der Waals surface area contributed by atoms with Gasteiger partial charge in [0.1, 0.15) is 5.54 Å². The lowest BCUT2D eigenvalue weighted by Gasteiger charge is -2.28. The molecule has 1 aliphatic carbocycles. The van der Waals surface area contributed by atoms with E-state index >= 15 is 0 Å². The van der Waals surface area contributed by atoms with Crippen LogP contribution >= 0.6 is 0 Å². The molecule has 98 valence electrons. The van der Waals surface area contributed by atoms with E-state index in [1.54, 1.807) is 0 Å². The lowest BCUT2D eigenvalue weighted by atomic mass is 10.0. The fourth-order valence-corrected chi connectivity index (χ4v) is 1.89. The van der Waals surface area contributed by atoms with E-state index < -0.39 is 5.54 Å². The Kier molecular flexibility index (Phi) is 5.90. The van der Waals surface area contributed by atoms with E-state index in [9.17, 15) is 0 Å². The highest BCUT2D eigenvalue weighted by Crippen LogP contribution is 2.28. The third-order valence-electron chi connectivity index (χ3n) is 3.07. The van der Waals surface area contributed by atoms with Crippen molar-refractivity contribution in [1.29, 1.82) is 5.26 Å². The fraction of sp³-hybridized carbons (Fsp3) is 0.923. The summed E-state index contributed by atoms with van der Waals surface area (Å²) in [6.45, 7) is 8.07. The topological polar surface area (TPSA) is 48.3 Å². The van der Waals surface area contributed by atoms with Gasteiger partial charge in [-0.25, -0.2) is 0 Å². The van der Waals surface area contributed by atoms with E-state index in [2.05, 4.69) is 16.3 Å². The minimum Gasteiger partial charge on any atom is -0.380 e. The van der Waals surface area contributed by atoms with Gasteiger partial charge in [-0.05, 0) is 39.3 Å². The number of nitrogens with one attached hydrogen (secondary N) is 1. The highest BCUT2D eigenvalue weighted by Gasteiger charge is 2.24. The highest BCUT2D eigenvalue weighted by molar-refractivity contribution is 5.05. The molecule has 0 spiro atoms. The Labute approximate surface area is 105 Å². The quantitative estimate of drug-likeness (QED) is 0.615. The number of nitriles is 1. The van der Waals surface area contributed by atoms with E-state index in [4.69, 9.17) is 10.00 Å². The van der Waals surface area contributed by atoms with Gasteiger partial charge in [0, 0.05) is 19.7 Å². The zero-order valence-corrected chi connectivity index (χ0v) is 11.3. The molecule has 0 bridgehead atoms. The molecular formula is C13H25N3O. The summed E-state index contributed by atoms with van der Waals surface area (Å²) in [6, 6.07) is 2.34. The van der Waals surface area contributed by atoms with Crippen molar-refractivity contribution in [3.8, 4) is 6.07 Å². The van der Waals surface area contributed by atoms with Crippen LogP contribution in [0, 0.1) is 17.2 Å². The molecule has 0 aromatic rings. The lowest BCUT2D eigenvalue weighted by Crippen LogP contribution is -2.49. The average Bonchev–Trinajstić information content (AvgIpc) is 3.08. The van der Waals surface area contributed by atoms with Crippen LogP contribution in [0.4, 0.5) is 0 Å². The van der Waals surface area contributed by atoms with Gasteiger partial charge >= 0.3 is 0 Å². The van der Waals surface area contributed by atoms with Crippen LogP contribution in [0.2, 0.25) is 0 Å². The maximum Gasteiger partial charge on any atom is 0.116 e. The Morgan fingerprint density at radius 1 is 1.53 bits per heavy atom. The van der Waals surface area contributed by atoms with E-state index in [1.807, 2.05) is 20.9 Å². The Morgan fingerprint density at radius 3 is 2.76 bits per heavy atom. The average molecular weight is 239 g/mol. The van der Waals surface area contributed by atoms with Crippen molar-refractivity contribution in [1.82, 2.24) is 10.2 Å². The molecule has 4 nitrogen and oxygen atoms in total. The number of hydrogen-bond acceptors (Lipinski definition) is 4. The van der Waals surface area contributed by atoms with Gasteiger partial charge in [-0.15, -0.1) is 0 Å². The number of likely N-dealkylation sites (N-methyl/N-ethyl adjacent to an activating group) is 2. The smallest absolute Gasteiger partial charge is 0.116 e. The van der Waals surface area contributed by atoms with Gasteiger partial charge in [0.15, 0.2) is 0 Å². The summed E-state index contributed by atoms with van der Waals surface area (Å²) in [5.74, 6) is 0.825. The molecule has 1 fully saturated rings. The Balaban J connectivity index is 2.12. The molecule has 0 heterocycles. The summed E-state index contributed by atoms with van der Waals surface area (Å²) < 4.78 is 5.59. The van der Waals surface area contributed by atoms with Gasteiger partial charge in [-0.1, -0.05) is 6.92 Å². The van der Waals surface area contributed by atoms with Gasteiger partial charge in [-0.3, -0.25) is 5.32 Å². The molecule has 1 unspecified atom stereocenters. The van der Waals surface area contributed by atoms with Crippen LogP contribution in [0.5, 0.6) is 0 Å². The Hall–Kier alpha value is -0.630. The molecule has 17 heavy (non-hydrogen) atoms. The molecule has 0 aromatic carbocycles. The van der Waals surface area contributed by atoms with Gasteiger partial charge in [-0.2, -0.15) is 5.26 Å². The van der Waals surface area contributed by atoms with Crippen molar-refractivity contribution >= 4 is 0 Å². The van der Waals surface area contributed by atoms with Crippen LogP contribution in [-0.4, -0.2) is 50.3 Å². The number of nitrogens with zero attached hydrogens (tertiary/aromatic N) is 2. The van der Waals surface area contributed by atoms with Crippen molar-refractivity contribution < 1.29 is 4.74 Å². The van der Waals surface area contributed by atoms with Gasteiger partial charge < -0.3 is 9.64 Å². The van der Waals surface area contributed by atoms with Crippen molar-refractivity contribution in [3.63, 3.8) is 0 Å². The first-order chi connectivity index (χ1) is 8.09. The second-order valence-electron chi connectivity index (χ2n) is 5.23. The summed E-state index contributed by atoms with van der Waals surface area (Å²) in [6.07, 6.45) is 2.67. The third kappa shape index (κ3) is 6.02. The normalized spacial score (nSPS) is 19.0. The van der Waals surface area contributed by atoms with Crippen LogP contribution in [-0.2, 0) is 4.74 Å². The zero-order chi connectivity index (χ0) is 12.7. The molecule has 0 saturated heterocycles. The predicted molar refractivity (Wildman–Crippen MR) is 68.7 cm³/mol. The Morgan fingerprint density at radius 2 is 2.24 bits per heavy atom. The number of ether oxygens (including phenoxy) is 1. The highest BCUT2D eigenvalue weighted by atomic mass is 16.5. The molecule has 4 heteroatoms. The molecule has 0 aromatic heterocycles. The molecule has 1 aliphatic rings. The van der Waals surface area contributed by atoms with Gasteiger partial charge in [0.05, 0.1) is 12.7 Å². The summed E-state index contributed by atoms with van der Waals surface area (Å²) in [5, 5.41) is 12.4. The maximum absolute atomic E-state index is 9.15. The van der Waals surface area contributed by atoms with Crippen molar-refractivity contribution in [3.05, 3.63) is 0 Å².